The van der Waals surface area contributed by atoms with Crippen LogP contribution in [0.1, 0.15) is 16.6 Å². The molecule has 1 aromatic heterocycles. The normalized spacial score (nSPS) is 22.6. The largest absolute Gasteiger partial charge is 0.420 e. The summed E-state index contributed by atoms with van der Waals surface area (Å²) in [6, 6.07) is 1.55. The van der Waals surface area contributed by atoms with Gasteiger partial charge in [0.15, 0.2) is 5.78 Å². The quantitative estimate of drug-likeness (QED) is 0.679. The van der Waals surface area contributed by atoms with Crippen molar-refractivity contribution >= 4 is 40.7 Å². The zero-order chi connectivity index (χ0) is 16.0. The summed E-state index contributed by atoms with van der Waals surface area (Å²) >= 11 is 6.55. The minimum atomic E-state index is -4.95. The molecule has 1 aliphatic rings. The third-order valence-corrected chi connectivity index (χ3v) is 4.26. The molecule has 1 fully saturated rings. The molecule has 0 spiro atoms. The lowest BCUT2D eigenvalue weighted by molar-refractivity contribution is -0.190. The molecular formula is C11H8ClF3N2O3S. The molecule has 1 atom stereocenters. The van der Waals surface area contributed by atoms with Gasteiger partial charge in [-0.1, -0.05) is 11.6 Å². The molecule has 1 N–H and O–H groups in total. The van der Waals surface area contributed by atoms with Crippen LogP contribution in [0.5, 0.6) is 0 Å². The minimum Gasteiger partial charge on any atom is -0.316 e. The average Bonchev–Trinajstić information content (AvgIpc) is 2.87. The molecule has 2 rings (SSSR count). The van der Waals surface area contributed by atoms with Crippen molar-refractivity contribution in [3.63, 3.8) is 0 Å². The van der Waals surface area contributed by atoms with Gasteiger partial charge in [-0.2, -0.15) is 13.2 Å². The number of nitrogens with one attached hydrogen (secondary N) is 1. The Labute approximate surface area is 125 Å². The summed E-state index contributed by atoms with van der Waals surface area (Å²) in [5, 5.41) is 1.57. The lowest BCUT2D eigenvalue weighted by Gasteiger charge is -2.24. The van der Waals surface area contributed by atoms with E-state index in [1.165, 1.54) is 12.1 Å². The van der Waals surface area contributed by atoms with Gasteiger partial charge in [0.1, 0.15) is 0 Å². The summed E-state index contributed by atoms with van der Waals surface area (Å²) in [5.74, 6) is -2.17. The monoisotopic (exact) mass is 340 g/mol. The highest BCUT2D eigenvalue weighted by atomic mass is 35.5. The maximum atomic E-state index is 12.8. The van der Waals surface area contributed by atoms with Gasteiger partial charge in [-0.25, -0.2) is 4.79 Å². The van der Waals surface area contributed by atoms with Crippen molar-refractivity contribution < 1.29 is 27.6 Å². The fourth-order valence-corrected chi connectivity index (χ4v) is 2.69. The van der Waals surface area contributed by atoms with Gasteiger partial charge >= 0.3 is 12.2 Å². The number of amides is 3. The van der Waals surface area contributed by atoms with Gasteiger partial charge in [-0.3, -0.25) is 14.5 Å². The zero-order valence-electron chi connectivity index (χ0n) is 10.5. The van der Waals surface area contributed by atoms with Gasteiger partial charge < -0.3 is 5.32 Å². The number of thiophene rings is 1. The fraction of sp³-hybridized carbons (Fsp3) is 0.364. The Morgan fingerprint density at radius 1 is 1.43 bits per heavy atom. The van der Waals surface area contributed by atoms with E-state index in [1.807, 2.05) is 0 Å². The Hall–Kier alpha value is -1.61. The van der Waals surface area contributed by atoms with E-state index in [9.17, 15) is 27.6 Å². The molecule has 0 radical (unpaired) electrons. The van der Waals surface area contributed by atoms with E-state index in [0.29, 0.717) is 11.3 Å². The maximum Gasteiger partial charge on any atom is 0.420 e. The highest BCUT2D eigenvalue weighted by Gasteiger charge is 2.64. The number of nitrogens with zero attached hydrogens (tertiary/aromatic N) is 1. The predicted molar refractivity (Wildman–Crippen MR) is 68.4 cm³/mol. The second kappa shape index (κ2) is 4.99. The van der Waals surface area contributed by atoms with Crippen LogP contribution in [-0.4, -0.2) is 40.9 Å². The number of rotatable bonds is 3. The number of ketones is 1. The van der Waals surface area contributed by atoms with E-state index in [1.54, 1.807) is 5.32 Å². The van der Waals surface area contributed by atoms with Crippen molar-refractivity contribution in [3.8, 4) is 0 Å². The topological polar surface area (TPSA) is 66.5 Å². The number of hydrogen-bond donors (Lipinski definition) is 1. The van der Waals surface area contributed by atoms with Gasteiger partial charge in [-0.05, 0) is 19.1 Å². The lowest BCUT2D eigenvalue weighted by atomic mass is 10.0. The first kappa shape index (κ1) is 15.8. The SMILES string of the molecule is CC1(C(F)(F)F)NC(=O)N(CC(=O)c2ccc(Cl)s2)C1=O. The predicted octanol–water partition coefficient (Wildman–Crippen LogP) is 2.46. The number of carbonyl (C=O) groups is 3. The molecule has 114 valence electrons. The Morgan fingerprint density at radius 2 is 2.05 bits per heavy atom. The summed E-state index contributed by atoms with van der Waals surface area (Å²) in [6.45, 7) is -0.215. The first-order valence-corrected chi connectivity index (χ1v) is 6.75. The summed E-state index contributed by atoms with van der Waals surface area (Å²) in [6.07, 6.45) is -4.95. The van der Waals surface area contributed by atoms with Crippen LogP contribution in [0.3, 0.4) is 0 Å². The van der Waals surface area contributed by atoms with E-state index in [0.717, 1.165) is 11.3 Å². The molecule has 0 saturated carbocycles. The average molecular weight is 341 g/mol. The van der Waals surface area contributed by atoms with Crippen LogP contribution in [0.4, 0.5) is 18.0 Å². The second-order valence-corrected chi connectivity index (χ2v) is 6.19. The van der Waals surface area contributed by atoms with E-state index in [2.05, 4.69) is 0 Å². The molecule has 1 saturated heterocycles. The first-order valence-electron chi connectivity index (χ1n) is 5.55. The maximum absolute atomic E-state index is 12.8. The number of halogens is 4. The zero-order valence-corrected chi connectivity index (χ0v) is 12.0. The number of imide groups is 1. The molecule has 3 amide bonds. The lowest BCUT2D eigenvalue weighted by Crippen LogP contribution is -2.56. The van der Waals surface area contributed by atoms with Crippen LogP contribution in [0, 0.1) is 0 Å². The van der Waals surface area contributed by atoms with Crippen LogP contribution in [0.15, 0.2) is 12.1 Å². The molecule has 0 aliphatic carbocycles. The minimum absolute atomic E-state index is 0.154. The molecule has 1 aliphatic heterocycles. The van der Waals surface area contributed by atoms with Gasteiger partial charge in [0.2, 0.25) is 5.54 Å². The van der Waals surface area contributed by atoms with E-state index >= 15 is 0 Å². The van der Waals surface area contributed by atoms with Crippen molar-refractivity contribution in [1.29, 1.82) is 0 Å². The molecule has 1 aromatic rings. The van der Waals surface area contributed by atoms with Crippen molar-refractivity contribution in [2.24, 2.45) is 0 Å². The smallest absolute Gasteiger partial charge is 0.316 e. The van der Waals surface area contributed by atoms with Gasteiger partial charge in [-0.15, -0.1) is 11.3 Å². The third-order valence-electron chi connectivity index (χ3n) is 2.99. The molecule has 0 bridgehead atoms. The Morgan fingerprint density at radius 3 is 2.48 bits per heavy atom. The Bertz CT molecular complexity index is 630. The number of hydrogen-bond acceptors (Lipinski definition) is 4. The summed E-state index contributed by atoms with van der Waals surface area (Å²) in [7, 11) is 0. The van der Waals surface area contributed by atoms with Crippen molar-refractivity contribution in [1.82, 2.24) is 10.2 Å². The van der Waals surface area contributed by atoms with Crippen molar-refractivity contribution in [2.45, 2.75) is 18.6 Å². The van der Waals surface area contributed by atoms with Crippen LogP contribution in [0.2, 0.25) is 4.34 Å². The molecule has 21 heavy (non-hydrogen) atoms. The summed E-state index contributed by atoms with van der Waals surface area (Å²) in [4.78, 5) is 35.6. The van der Waals surface area contributed by atoms with Crippen LogP contribution in [0.25, 0.3) is 0 Å². The van der Waals surface area contributed by atoms with E-state index in [-0.39, 0.29) is 9.78 Å². The highest BCUT2D eigenvalue weighted by Crippen LogP contribution is 2.35. The molecular weight excluding hydrogens is 333 g/mol. The summed E-state index contributed by atoms with van der Waals surface area (Å²) in [5.41, 5.74) is -3.02. The fourth-order valence-electron chi connectivity index (χ4n) is 1.72. The third kappa shape index (κ3) is 2.62. The number of Topliss-reactive ketones (excluding diaryl/α,β-unsaturated/α-hetero) is 1. The number of alkyl halides is 3. The van der Waals surface area contributed by atoms with Crippen LogP contribution in [-0.2, 0) is 4.79 Å². The van der Waals surface area contributed by atoms with E-state index < -0.39 is 36.0 Å². The molecule has 10 heteroatoms. The highest BCUT2D eigenvalue weighted by molar-refractivity contribution is 7.18. The first-order chi connectivity index (χ1) is 9.56. The van der Waals surface area contributed by atoms with Crippen molar-refractivity contribution in [2.75, 3.05) is 6.54 Å². The Balaban J connectivity index is 2.20. The molecule has 5 nitrogen and oxygen atoms in total. The number of urea groups is 1. The van der Waals surface area contributed by atoms with Crippen molar-refractivity contribution in [3.05, 3.63) is 21.3 Å². The molecule has 0 aromatic carbocycles. The summed E-state index contributed by atoms with van der Waals surface area (Å²) < 4.78 is 38.8. The van der Waals surface area contributed by atoms with Gasteiger partial charge in [0, 0.05) is 0 Å². The van der Waals surface area contributed by atoms with E-state index in [4.69, 9.17) is 11.6 Å². The molecule has 1 unspecified atom stereocenters. The Kier molecular flexibility index (Phi) is 3.75. The van der Waals surface area contributed by atoms with Crippen LogP contribution < -0.4 is 5.32 Å². The second-order valence-electron chi connectivity index (χ2n) is 4.47. The number of carbonyl (C=O) groups excluding carboxylic acids is 3. The molecule has 2 heterocycles. The van der Waals surface area contributed by atoms with Crippen LogP contribution >= 0.6 is 22.9 Å². The van der Waals surface area contributed by atoms with Gasteiger partial charge in [0.05, 0.1) is 15.8 Å². The van der Waals surface area contributed by atoms with Gasteiger partial charge in [0.25, 0.3) is 5.91 Å². The standard InChI is InChI=1S/C11H8ClF3N2O3S/c1-10(11(13,14)15)8(19)17(9(20)16-10)4-5(18)6-2-3-7(12)21-6/h2-3H,4H2,1H3,(H,16,20).